The number of hydrogen-bond acceptors (Lipinski definition) is 3. The number of nitrogens with two attached hydrogens (primary N) is 1. The van der Waals surface area contributed by atoms with Crippen molar-refractivity contribution in [3.63, 3.8) is 0 Å². The van der Waals surface area contributed by atoms with Crippen molar-refractivity contribution in [3.8, 4) is 0 Å². The lowest BCUT2D eigenvalue weighted by atomic mass is 9.82. The maximum atomic E-state index is 11.5. The number of carbonyl (C=O) groups excluding carboxylic acids is 1. The predicted molar refractivity (Wildman–Crippen MR) is 62.2 cm³/mol. The van der Waals surface area contributed by atoms with Crippen LogP contribution in [0, 0.1) is 11.3 Å². The maximum Gasteiger partial charge on any atom is 0.220 e. The van der Waals surface area contributed by atoms with E-state index in [1.165, 1.54) is 6.42 Å². The molecule has 16 heavy (non-hydrogen) atoms. The van der Waals surface area contributed by atoms with Gasteiger partial charge in [0.1, 0.15) is 5.84 Å². The SMILES string of the molecule is CC(C)(CNC(=O)CC1CCC1)C(N)=NO. The average Bonchev–Trinajstić information content (AvgIpc) is 2.19. The Morgan fingerprint density at radius 2 is 2.19 bits per heavy atom. The van der Waals surface area contributed by atoms with Crippen LogP contribution in [-0.2, 0) is 4.79 Å². The molecule has 1 saturated carbocycles. The lowest BCUT2D eigenvalue weighted by Gasteiger charge is -2.26. The van der Waals surface area contributed by atoms with Crippen molar-refractivity contribution >= 4 is 11.7 Å². The Balaban J connectivity index is 2.29. The van der Waals surface area contributed by atoms with E-state index in [0.717, 1.165) is 12.8 Å². The van der Waals surface area contributed by atoms with Gasteiger partial charge in [-0.1, -0.05) is 25.4 Å². The zero-order chi connectivity index (χ0) is 12.2. The minimum absolute atomic E-state index is 0.0588. The summed E-state index contributed by atoms with van der Waals surface area (Å²) in [6.45, 7) is 4.05. The molecule has 1 amide bonds. The molecule has 1 fully saturated rings. The topological polar surface area (TPSA) is 87.7 Å². The van der Waals surface area contributed by atoms with Gasteiger partial charge in [-0.3, -0.25) is 4.79 Å². The number of amides is 1. The molecule has 0 saturated heterocycles. The molecular formula is C11H21N3O2. The van der Waals surface area contributed by atoms with Crippen molar-refractivity contribution in [2.75, 3.05) is 6.54 Å². The second-order valence-corrected chi connectivity index (χ2v) is 5.15. The fourth-order valence-corrected chi connectivity index (χ4v) is 1.58. The Labute approximate surface area is 96.1 Å². The number of nitrogens with zero attached hydrogens (tertiary/aromatic N) is 1. The lowest BCUT2D eigenvalue weighted by Crippen LogP contribution is -2.43. The molecule has 0 aromatic heterocycles. The highest BCUT2D eigenvalue weighted by Crippen LogP contribution is 2.29. The van der Waals surface area contributed by atoms with E-state index in [2.05, 4.69) is 10.5 Å². The summed E-state index contributed by atoms with van der Waals surface area (Å²) in [5, 5.41) is 14.4. The highest BCUT2D eigenvalue weighted by molar-refractivity contribution is 5.86. The van der Waals surface area contributed by atoms with E-state index in [-0.39, 0.29) is 11.7 Å². The molecule has 0 bridgehead atoms. The van der Waals surface area contributed by atoms with E-state index >= 15 is 0 Å². The molecule has 0 heterocycles. The van der Waals surface area contributed by atoms with Crippen LogP contribution in [0.5, 0.6) is 0 Å². The molecule has 0 aromatic rings. The minimum Gasteiger partial charge on any atom is -0.409 e. The number of rotatable bonds is 5. The molecule has 4 N–H and O–H groups in total. The van der Waals surface area contributed by atoms with Crippen LogP contribution in [0.4, 0.5) is 0 Å². The molecule has 5 nitrogen and oxygen atoms in total. The van der Waals surface area contributed by atoms with Crippen molar-refractivity contribution in [1.82, 2.24) is 5.32 Å². The van der Waals surface area contributed by atoms with E-state index < -0.39 is 5.41 Å². The fraction of sp³-hybridized carbons (Fsp3) is 0.818. The first-order valence-electron chi connectivity index (χ1n) is 5.70. The Hall–Kier alpha value is -1.26. The van der Waals surface area contributed by atoms with Crippen LogP contribution in [-0.4, -0.2) is 23.5 Å². The standard InChI is InChI=1S/C11H21N3O2/c1-11(2,10(12)14-16)7-13-9(15)6-8-4-3-5-8/h8,16H,3-7H2,1-2H3,(H2,12,14)(H,13,15). The second kappa shape index (κ2) is 5.18. The highest BCUT2D eigenvalue weighted by atomic mass is 16.4. The summed E-state index contributed by atoms with van der Waals surface area (Å²) in [5.74, 6) is 0.756. The van der Waals surface area contributed by atoms with E-state index in [9.17, 15) is 4.79 Å². The summed E-state index contributed by atoms with van der Waals surface area (Å²) < 4.78 is 0. The van der Waals surface area contributed by atoms with Gasteiger partial charge < -0.3 is 16.3 Å². The molecular weight excluding hydrogens is 206 g/mol. The van der Waals surface area contributed by atoms with Gasteiger partial charge in [0, 0.05) is 18.4 Å². The van der Waals surface area contributed by atoms with Crippen LogP contribution < -0.4 is 11.1 Å². The van der Waals surface area contributed by atoms with Crippen molar-refractivity contribution < 1.29 is 10.0 Å². The number of carbonyl (C=O) groups is 1. The lowest BCUT2D eigenvalue weighted by molar-refractivity contribution is -0.122. The molecule has 0 atom stereocenters. The Kier molecular flexibility index (Phi) is 4.15. The number of nitrogens with one attached hydrogen (secondary N) is 1. The maximum absolute atomic E-state index is 11.5. The van der Waals surface area contributed by atoms with Gasteiger partial charge in [0.2, 0.25) is 5.91 Å². The van der Waals surface area contributed by atoms with Crippen molar-refractivity contribution in [3.05, 3.63) is 0 Å². The summed E-state index contributed by atoms with van der Waals surface area (Å²) in [6, 6.07) is 0. The first kappa shape index (κ1) is 12.8. The molecule has 0 spiro atoms. The summed E-state index contributed by atoms with van der Waals surface area (Å²) in [7, 11) is 0. The van der Waals surface area contributed by atoms with E-state index in [1.807, 2.05) is 13.8 Å². The average molecular weight is 227 g/mol. The molecule has 1 aliphatic carbocycles. The molecule has 5 heteroatoms. The van der Waals surface area contributed by atoms with Crippen molar-refractivity contribution in [2.24, 2.45) is 22.2 Å². The molecule has 0 radical (unpaired) electrons. The number of amidine groups is 1. The Morgan fingerprint density at radius 1 is 1.56 bits per heavy atom. The van der Waals surface area contributed by atoms with Gasteiger partial charge in [0.25, 0.3) is 0 Å². The zero-order valence-electron chi connectivity index (χ0n) is 9.99. The van der Waals surface area contributed by atoms with Gasteiger partial charge >= 0.3 is 0 Å². The van der Waals surface area contributed by atoms with E-state index in [1.54, 1.807) is 0 Å². The Bertz CT molecular complexity index is 283. The smallest absolute Gasteiger partial charge is 0.220 e. The third-order valence-electron chi connectivity index (χ3n) is 3.23. The first-order chi connectivity index (χ1) is 7.45. The third kappa shape index (κ3) is 3.40. The molecule has 1 aliphatic rings. The molecule has 92 valence electrons. The first-order valence-corrected chi connectivity index (χ1v) is 5.70. The van der Waals surface area contributed by atoms with Crippen LogP contribution in [0.15, 0.2) is 5.16 Å². The fourth-order valence-electron chi connectivity index (χ4n) is 1.58. The zero-order valence-corrected chi connectivity index (χ0v) is 9.99. The molecule has 1 rings (SSSR count). The number of oxime groups is 1. The number of hydrogen-bond donors (Lipinski definition) is 3. The normalized spacial score (nSPS) is 18.0. The van der Waals surface area contributed by atoms with Crippen LogP contribution in [0.3, 0.4) is 0 Å². The van der Waals surface area contributed by atoms with Crippen LogP contribution >= 0.6 is 0 Å². The van der Waals surface area contributed by atoms with Gasteiger partial charge in [0.15, 0.2) is 0 Å². The Morgan fingerprint density at radius 3 is 2.62 bits per heavy atom. The second-order valence-electron chi connectivity index (χ2n) is 5.15. The van der Waals surface area contributed by atoms with E-state index in [4.69, 9.17) is 10.9 Å². The minimum atomic E-state index is -0.510. The van der Waals surface area contributed by atoms with Gasteiger partial charge in [0.05, 0.1) is 0 Å². The predicted octanol–water partition coefficient (Wildman–Crippen LogP) is 1.07. The summed E-state index contributed by atoms with van der Waals surface area (Å²) in [4.78, 5) is 11.5. The van der Waals surface area contributed by atoms with Crippen molar-refractivity contribution in [2.45, 2.75) is 39.5 Å². The van der Waals surface area contributed by atoms with Gasteiger partial charge in [-0.2, -0.15) is 0 Å². The molecule has 0 aliphatic heterocycles. The van der Waals surface area contributed by atoms with Crippen LogP contribution in [0.2, 0.25) is 0 Å². The van der Waals surface area contributed by atoms with Crippen LogP contribution in [0.25, 0.3) is 0 Å². The quantitative estimate of drug-likeness (QED) is 0.284. The monoisotopic (exact) mass is 227 g/mol. The van der Waals surface area contributed by atoms with Crippen LogP contribution in [0.1, 0.15) is 39.5 Å². The molecule has 0 aromatic carbocycles. The largest absolute Gasteiger partial charge is 0.409 e. The van der Waals surface area contributed by atoms with E-state index in [0.29, 0.717) is 18.9 Å². The summed E-state index contributed by atoms with van der Waals surface area (Å²) in [6.07, 6.45) is 4.17. The van der Waals surface area contributed by atoms with Crippen molar-refractivity contribution in [1.29, 1.82) is 0 Å². The molecule has 0 unspecified atom stereocenters. The van der Waals surface area contributed by atoms with Gasteiger partial charge in [-0.25, -0.2) is 0 Å². The summed E-state index contributed by atoms with van der Waals surface area (Å²) in [5.41, 5.74) is 5.01. The third-order valence-corrected chi connectivity index (χ3v) is 3.23. The van der Waals surface area contributed by atoms with Gasteiger partial charge in [-0.05, 0) is 18.8 Å². The van der Waals surface area contributed by atoms with Gasteiger partial charge in [-0.15, -0.1) is 0 Å². The summed E-state index contributed by atoms with van der Waals surface area (Å²) >= 11 is 0. The highest BCUT2D eigenvalue weighted by Gasteiger charge is 2.26.